The summed E-state index contributed by atoms with van der Waals surface area (Å²) in [5.74, 6) is -0.278. The van der Waals surface area contributed by atoms with Gasteiger partial charge in [-0.25, -0.2) is 13.6 Å². The number of carbonyl (C=O) groups is 2. The molecule has 2 rings (SSSR count). The molecule has 0 aliphatic carbocycles. The van der Waals surface area contributed by atoms with E-state index < -0.39 is 31.0 Å². The van der Waals surface area contributed by atoms with Crippen LogP contribution in [-0.2, 0) is 4.79 Å². The zero-order valence-electron chi connectivity index (χ0n) is 12.4. The van der Waals surface area contributed by atoms with Gasteiger partial charge in [-0.2, -0.15) is 0 Å². The monoisotopic (exact) mass is 345 g/mol. The molecule has 1 heterocycles. The molecule has 0 bridgehead atoms. The van der Waals surface area contributed by atoms with Crippen LogP contribution in [0.4, 0.5) is 25.0 Å². The number of aliphatic hydroxyl groups excluding tert-OH is 1. The van der Waals surface area contributed by atoms with Crippen LogP contribution in [0.25, 0.3) is 0 Å². The summed E-state index contributed by atoms with van der Waals surface area (Å²) in [7, 11) is 0. The van der Waals surface area contributed by atoms with Gasteiger partial charge < -0.3 is 20.6 Å². The highest BCUT2D eigenvalue weighted by Gasteiger charge is 2.27. The molecule has 0 saturated carbocycles. The van der Waals surface area contributed by atoms with Crippen molar-refractivity contribution in [1.82, 2.24) is 5.32 Å². The van der Waals surface area contributed by atoms with Crippen molar-refractivity contribution in [2.45, 2.75) is 24.3 Å². The van der Waals surface area contributed by atoms with Crippen LogP contribution >= 0.6 is 11.8 Å². The van der Waals surface area contributed by atoms with Crippen molar-refractivity contribution in [3.8, 4) is 0 Å². The molecule has 6 nitrogen and oxygen atoms in total. The number of nitrogens with one attached hydrogen (secondary N) is 2. The van der Waals surface area contributed by atoms with Gasteiger partial charge in [0, 0.05) is 10.6 Å². The molecular formula is C14H17F2N3O3S. The molecule has 1 atom stereocenters. The Balaban J connectivity index is 2.17. The maximum absolute atomic E-state index is 12.7. The van der Waals surface area contributed by atoms with E-state index in [1.54, 1.807) is 19.1 Å². The average molecular weight is 345 g/mol. The maximum atomic E-state index is 12.7. The Kier molecular flexibility index (Phi) is 5.78. The Morgan fingerprint density at radius 3 is 2.87 bits per heavy atom. The van der Waals surface area contributed by atoms with Crippen molar-refractivity contribution in [2.24, 2.45) is 0 Å². The summed E-state index contributed by atoms with van der Waals surface area (Å²) in [5.41, 5.74) is 0.737. The Hall–Kier alpha value is -1.87. The molecule has 9 heteroatoms. The molecule has 3 amide bonds. The molecule has 0 aromatic heterocycles. The number of hydrogen-bond donors (Lipinski definition) is 3. The fraction of sp³-hybridized carbons (Fsp3) is 0.429. The van der Waals surface area contributed by atoms with E-state index in [2.05, 4.69) is 10.6 Å². The number of nitrogens with zero attached hydrogens (tertiary/aromatic N) is 1. The lowest BCUT2D eigenvalue weighted by Crippen LogP contribution is -2.39. The van der Waals surface area contributed by atoms with Crippen LogP contribution in [0.3, 0.4) is 0 Å². The molecular weight excluding hydrogens is 328 g/mol. The largest absolute Gasteiger partial charge is 0.394 e. The van der Waals surface area contributed by atoms with Crippen molar-refractivity contribution in [2.75, 3.05) is 29.1 Å². The van der Waals surface area contributed by atoms with E-state index in [1.807, 2.05) is 0 Å². The zero-order valence-corrected chi connectivity index (χ0v) is 13.2. The van der Waals surface area contributed by atoms with E-state index in [0.29, 0.717) is 16.3 Å². The first kappa shape index (κ1) is 17.5. The lowest BCUT2D eigenvalue weighted by molar-refractivity contribution is -0.116. The number of alkyl halides is 2. The summed E-state index contributed by atoms with van der Waals surface area (Å²) in [6.07, 6.45) is -2.64. The van der Waals surface area contributed by atoms with E-state index in [4.69, 9.17) is 5.11 Å². The van der Waals surface area contributed by atoms with Crippen LogP contribution in [-0.4, -0.2) is 48.4 Å². The SMILES string of the molecule is C[C@@H](CO)NC(=O)Nc1ccc2c(c1)N(CC(F)F)C(=O)CS2. The molecule has 0 fully saturated rings. The number of urea groups is 1. The third-order valence-corrected chi connectivity index (χ3v) is 4.18. The van der Waals surface area contributed by atoms with Gasteiger partial charge in [-0.15, -0.1) is 11.8 Å². The summed E-state index contributed by atoms with van der Waals surface area (Å²) in [4.78, 5) is 25.3. The molecule has 0 radical (unpaired) electrons. The van der Waals surface area contributed by atoms with Crippen LogP contribution in [0.1, 0.15) is 6.92 Å². The predicted molar refractivity (Wildman–Crippen MR) is 84.2 cm³/mol. The number of rotatable bonds is 5. The second-order valence-corrected chi connectivity index (χ2v) is 6.07. The van der Waals surface area contributed by atoms with Crippen molar-refractivity contribution < 1.29 is 23.5 Å². The van der Waals surface area contributed by atoms with E-state index in [-0.39, 0.29) is 12.4 Å². The van der Waals surface area contributed by atoms with E-state index in [9.17, 15) is 18.4 Å². The number of benzene rings is 1. The first-order valence-corrected chi connectivity index (χ1v) is 7.93. The highest BCUT2D eigenvalue weighted by Crippen LogP contribution is 2.37. The number of thioether (sulfide) groups is 1. The molecule has 3 N–H and O–H groups in total. The zero-order chi connectivity index (χ0) is 17.0. The smallest absolute Gasteiger partial charge is 0.319 e. The molecule has 1 aliphatic rings. The van der Waals surface area contributed by atoms with Gasteiger partial charge in [0.05, 0.1) is 30.6 Å². The van der Waals surface area contributed by atoms with Crippen LogP contribution < -0.4 is 15.5 Å². The third-order valence-electron chi connectivity index (χ3n) is 3.13. The quantitative estimate of drug-likeness (QED) is 0.761. The van der Waals surface area contributed by atoms with Gasteiger partial charge in [-0.3, -0.25) is 4.79 Å². The molecule has 23 heavy (non-hydrogen) atoms. The summed E-state index contributed by atoms with van der Waals surface area (Å²) in [6, 6.07) is 3.86. The summed E-state index contributed by atoms with van der Waals surface area (Å²) in [6.45, 7) is 0.751. The minimum Gasteiger partial charge on any atom is -0.394 e. The first-order valence-electron chi connectivity index (χ1n) is 6.94. The Morgan fingerprint density at radius 2 is 2.22 bits per heavy atom. The second kappa shape index (κ2) is 7.60. The third kappa shape index (κ3) is 4.55. The Labute approximate surface area is 136 Å². The minimum absolute atomic E-state index is 0.112. The van der Waals surface area contributed by atoms with Crippen molar-refractivity contribution >= 4 is 35.1 Å². The van der Waals surface area contributed by atoms with Crippen LogP contribution in [0.2, 0.25) is 0 Å². The van der Waals surface area contributed by atoms with Gasteiger partial charge in [-0.05, 0) is 25.1 Å². The number of aliphatic hydroxyl groups is 1. The first-order chi connectivity index (χ1) is 10.9. The second-order valence-electron chi connectivity index (χ2n) is 5.05. The highest BCUT2D eigenvalue weighted by atomic mass is 32.2. The highest BCUT2D eigenvalue weighted by molar-refractivity contribution is 8.00. The van der Waals surface area contributed by atoms with E-state index in [0.717, 1.165) is 4.90 Å². The molecule has 1 aromatic rings. The number of hydrogen-bond acceptors (Lipinski definition) is 4. The van der Waals surface area contributed by atoms with Gasteiger partial charge in [0.15, 0.2) is 0 Å². The summed E-state index contributed by atoms with van der Waals surface area (Å²) in [5, 5.41) is 13.9. The van der Waals surface area contributed by atoms with Crippen molar-refractivity contribution in [1.29, 1.82) is 0 Å². The van der Waals surface area contributed by atoms with Crippen LogP contribution in [0.5, 0.6) is 0 Å². The average Bonchev–Trinajstić information content (AvgIpc) is 2.49. The number of amides is 3. The van der Waals surface area contributed by atoms with Gasteiger partial charge in [0.1, 0.15) is 0 Å². The minimum atomic E-state index is -2.64. The van der Waals surface area contributed by atoms with E-state index in [1.165, 1.54) is 17.8 Å². The summed E-state index contributed by atoms with van der Waals surface area (Å²) < 4.78 is 25.4. The fourth-order valence-electron chi connectivity index (χ4n) is 2.05. The number of fused-ring (bicyclic) bond motifs is 1. The number of anilines is 2. The Morgan fingerprint density at radius 1 is 1.48 bits per heavy atom. The topological polar surface area (TPSA) is 81.7 Å². The molecule has 126 valence electrons. The fourth-order valence-corrected chi connectivity index (χ4v) is 2.97. The van der Waals surface area contributed by atoms with Gasteiger partial charge in [0.2, 0.25) is 5.91 Å². The van der Waals surface area contributed by atoms with Gasteiger partial charge in [0.25, 0.3) is 6.43 Å². The lowest BCUT2D eigenvalue weighted by Gasteiger charge is -2.29. The predicted octanol–water partition coefficient (Wildman–Crippen LogP) is 1.89. The standard InChI is InChI=1S/C14H17F2N3O3S/c1-8(6-20)17-14(22)18-9-2-3-11-10(4-9)19(5-12(15)16)13(21)7-23-11/h2-4,8,12,20H,5-7H2,1H3,(H2,17,18,22)/t8-/m0/s1. The maximum Gasteiger partial charge on any atom is 0.319 e. The molecule has 1 aliphatic heterocycles. The van der Waals surface area contributed by atoms with Crippen molar-refractivity contribution in [3.63, 3.8) is 0 Å². The lowest BCUT2D eigenvalue weighted by atomic mass is 10.2. The van der Waals surface area contributed by atoms with Crippen molar-refractivity contribution in [3.05, 3.63) is 18.2 Å². The van der Waals surface area contributed by atoms with Gasteiger partial charge in [-0.1, -0.05) is 0 Å². The normalized spacial score (nSPS) is 15.3. The molecule has 0 saturated heterocycles. The Bertz CT molecular complexity index is 601. The van der Waals surface area contributed by atoms with Gasteiger partial charge >= 0.3 is 6.03 Å². The van der Waals surface area contributed by atoms with Crippen LogP contribution in [0, 0.1) is 0 Å². The number of carbonyl (C=O) groups excluding carboxylic acids is 2. The summed E-state index contributed by atoms with van der Waals surface area (Å²) >= 11 is 1.27. The van der Waals surface area contributed by atoms with Crippen LogP contribution in [0.15, 0.2) is 23.1 Å². The molecule has 0 unspecified atom stereocenters. The molecule has 1 aromatic carbocycles. The van der Waals surface area contributed by atoms with E-state index >= 15 is 0 Å². The number of halogens is 2. The molecule has 0 spiro atoms.